The lowest BCUT2D eigenvalue weighted by molar-refractivity contribution is -0.139. The minimum absolute atomic E-state index is 0.0779. The average molecular weight is 352 g/mol. The quantitative estimate of drug-likeness (QED) is 0.846. The van der Waals surface area contributed by atoms with E-state index in [9.17, 15) is 13.2 Å². The number of sulfonamides is 1. The van der Waals surface area contributed by atoms with Crippen LogP contribution in [0.25, 0.3) is 0 Å². The monoisotopic (exact) mass is 352 g/mol. The van der Waals surface area contributed by atoms with Crippen LogP contribution >= 0.6 is 0 Å². The third-order valence-corrected chi connectivity index (χ3v) is 6.74. The van der Waals surface area contributed by atoms with E-state index in [-0.39, 0.29) is 22.8 Å². The number of piperazine rings is 1. The Morgan fingerprint density at radius 1 is 1.29 bits per heavy atom. The number of rotatable bonds is 3. The Morgan fingerprint density at radius 2 is 2.04 bits per heavy atom. The first-order valence-corrected chi connectivity index (χ1v) is 9.85. The van der Waals surface area contributed by atoms with Crippen LogP contribution in [0.2, 0.25) is 0 Å². The van der Waals surface area contributed by atoms with E-state index in [1.165, 1.54) is 10.5 Å². The standard InChI is InChI=1S/C16H24N4O3S/c1-13-11-18-7-10-20(13)16(21)14-4-8-19(9-5-14)24(22,23)15-3-2-6-17-12-15/h2-3,6,12-14,18H,4-5,7-11H2,1H3/t13-/m0/s1. The SMILES string of the molecule is C[C@H]1CNCCN1C(=O)C1CCN(S(=O)(=O)c2cccnc2)CC1. The molecule has 1 aromatic heterocycles. The van der Waals surface area contributed by atoms with Gasteiger partial charge in [0.15, 0.2) is 0 Å². The van der Waals surface area contributed by atoms with Gasteiger partial charge in [0.05, 0.1) is 0 Å². The number of nitrogens with one attached hydrogen (secondary N) is 1. The molecule has 0 spiro atoms. The van der Waals surface area contributed by atoms with Crippen LogP contribution in [0.5, 0.6) is 0 Å². The summed E-state index contributed by atoms with van der Waals surface area (Å²) in [7, 11) is -3.51. The van der Waals surface area contributed by atoms with Gasteiger partial charge in [-0.15, -0.1) is 0 Å². The first-order valence-electron chi connectivity index (χ1n) is 8.41. The van der Waals surface area contributed by atoms with Crippen molar-refractivity contribution >= 4 is 15.9 Å². The number of hydrogen-bond donors (Lipinski definition) is 1. The van der Waals surface area contributed by atoms with E-state index in [1.54, 1.807) is 18.3 Å². The predicted molar refractivity (Wildman–Crippen MR) is 89.8 cm³/mol. The number of nitrogens with zero attached hydrogens (tertiary/aromatic N) is 3. The van der Waals surface area contributed by atoms with Gasteiger partial charge in [-0.2, -0.15) is 4.31 Å². The summed E-state index contributed by atoms with van der Waals surface area (Å²) in [5.41, 5.74) is 0. The molecule has 2 saturated heterocycles. The van der Waals surface area contributed by atoms with E-state index < -0.39 is 10.0 Å². The van der Waals surface area contributed by atoms with Gasteiger partial charge in [0.2, 0.25) is 15.9 Å². The maximum atomic E-state index is 12.7. The fourth-order valence-electron chi connectivity index (χ4n) is 3.39. The molecule has 8 heteroatoms. The summed E-state index contributed by atoms with van der Waals surface area (Å²) in [6.07, 6.45) is 4.08. The lowest BCUT2D eigenvalue weighted by Gasteiger charge is -2.38. The fourth-order valence-corrected chi connectivity index (χ4v) is 4.83. The van der Waals surface area contributed by atoms with Gasteiger partial charge in [0.1, 0.15) is 4.90 Å². The van der Waals surface area contributed by atoms with Gasteiger partial charge in [0.25, 0.3) is 0 Å². The van der Waals surface area contributed by atoms with Gasteiger partial charge in [0, 0.05) is 57.1 Å². The molecule has 132 valence electrons. The van der Waals surface area contributed by atoms with E-state index in [1.807, 2.05) is 11.8 Å². The molecule has 0 saturated carbocycles. The molecule has 1 atom stereocenters. The largest absolute Gasteiger partial charge is 0.337 e. The van der Waals surface area contributed by atoms with Crippen LogP contribution in [0.1, 0.15) is 19.8 Å². The summed E-state index contributed by atoms with van der Waals surface area (Å²) in [6, 6.07) is 3.38. The number of carbonyl (C=O) groups is 1. The van der Waals surface area contributed by atoms with Crippen molar-refractivity contribution in [3.05, 3.63) is 24.5 Å². The molecule has 24 heavy (non-hydrogen) atoms. The normalized spacial score (nSPS) is 24.0. The lowest BCUT2D eigenvalue weighted by Crippen LogP contribution is -2.55. The van der Waals surface area contributed by atoms with Crippen molar-refractivity contribution in [2.24, 2.45) is 5.92 Å². The van der Waals surface area contributed by atoms with Gasteiger partial charge < -0.3 is 10.2 Å². The minimum Gasteiger partial charge on any atom is -0.337 e. The van der Waals surface area contributed by atoms with Crippen molar-refractivity contribution in [2.45, 2.75) is 30.7 Å². The van der Waals surface area contributed by atoms with Gasteiger partial charge >= 0.3 is 0 Å². The van der Waals surface area contributed by atoms with Crippen LogP contribution in [-0.4, -0.2) is 67.3 Å². The Hall–Kier alpha value is -1.51. The molecule has 2 fully saturated rings. The summed E-state index contributed by atoms with van der Waals surface area (Å²) < 4.78 is 26.7. The third kappa shape index (κ3) is 3.45. The van der Waals surface area contributed by atoms with E-state index in [4.69, 9.17) is 0 Å². The Kier molecular flexibility index (Phi) is 5.17. The van der Waals surface area contributed by atoms with E-state index >= 15 is 0 Å². The predicted octanol–water partition coefficient (Wildman–Crippen LogP) is 0.303. The molecule has 1 N–H and O–H groups in total. The summed E-state index contributed by atoms with van der Waals surface area (Å²) in [4.78, 5) is 18.7. The molecule has 2 aliphatic heterocycles. The first kappa shape index (κ1) is 17.3. The zero-order valence-corrected chi connectivity index (χ0v) is 14.7. The second-order valence-electron chi connectivity index (χ2n) is 6.45. The Morgan fingerprint density at radius 3 is 2.67 bits per heavy atom. The first-order chi connectivity index (χ1) is 11.5. The average Bonchev–Trinajstić information content (AvgIpc) is 2.62. The Labute approximate surface area is 143 Å². The number of amides is 1. The summed E-state index contributed by atoms with van der Waals surface area (Å²) in [6.45, 7) is 5.19. The molecular weight excluding hydrogens is 328 g/mol. The Bertz CT molecular complexity index is 672. The molecule has 0 aromatic carbocycles. The van der Waals surface area contributed by atoms with Crippen LogP contribution in [-0.2, 0) is 14.8 Å². The van der Waals surface area contributed by atoms with Crippen molar-refractivity contribution in [2.75, 3.05) is 32.7 Å². The van der Waals surface area contributed by atoms with Crippen LogP contribution in [0.15, 0.2) is 29.4 Å². The summed E-state index contributed by atoms with van der Waals surface area (Å²) in [5.74, 6) is 0.0910. The fraction of sp³-hybridized carbons (Fsp3) is 0.625. The molecule has 0 radical (unpaired) electrons. The molecule has 0 aliphatic carbocycles. The molecule has 2 aliphatic rings. The summed E-state index contributed by atoms with van der Waals surface area (Å²) >= 11 is 0. The second kappa shape index (κ2) is 7.16. The van der Waals surface area contributed by atoms with E-state index in [2.05, 4.69) is 10.3 Å². The lowest BCUT2D eigenvalue weighted by atomic mass is 9.95. The number of hydrogen-bond acceptors (Lipinski definition) is 5. The maximum Gasteiger partial charge on any atom is 0.244 e. The number of aromatic nitrogens is 1. The van der Waals surface area contributed by atoms with Crippen LogP contribution in [0, 0.1) is 5.92 Å². The molecule has 0 bridgehead atoms. The van der Waals surface area contributed by atoms with Gasteiger partial charge in [-0.3, -0.25) is 9.78 Å². The topological polar surface area (TPSA) is 82.6 Å². The van der Waals surface area contributed by atoms with Crippen LogP contribution in [0.4, 0.5) is 0 Å². The van der Waals surface area contributed by atoms with Crippen molar-refractivity contribution in [3.8, 4) is 0 Å². The third-order valence-electron chi connectivity index (χ3n) is 4.86. The molecule has 0 unspecified atom stereocenters. The van der Waals surface area contributed by atoms with Crippen LogP contribution in [0.3, 0.4) is 0 Å². The van der Waals surface area contributed by atoms with Crippen molar-refractivity contribution in [1.29, 1.82) is 0 Å². The highest BCUT2D eigenvalue weighted by Gasteiger charge is 2.35. The number of piperidine rings is 1. The molecule has 7 nitrogen and oxygen atoms in total. The molecule has 3 rings (SSSR count). The van der Waals surface area contributed by atoms with Crippen LogP contribution < -0.4 is 5.32 Å². The van der Waals surface area contributed by atoms with E-state index in [0.29, 0.717) is 25.9 Å². The summed E-state index contributed by atoms with van der Waals surface area (Å²) in [5, 5.41) is 3.28. The molecular formula is C16H24N4O3S. The highest BCUT2D eigenvalue weighted by atomic mass is 32.2. The Balaban J connectivity index is 1.62. The van der Waals surface area contributed by atoms with Crippen molar-refractivity contribution < 1.29 is 13.2 Å². The minimum atomic E-state index is -3.51. The van der Waals surface area contributed by atoms with Crippen molar-refractivity contribution in [3.63, 3.8) is 0 Å². The zero-order chi connectivity index (χ0) is 17.2. The van der Waals surface area contributed by atoms with Gasteiger partial charge in [-0.1, -0.05) is 0 Å². The number of carbonyl (C=O) groups excluding carboxylic acids is 1. The van der Waals surface area contributed by atoms with Gasteiger partial charge in [-0.05, 0) is 31.9 Å². The van der Waals surface area contributed by atoms with Crippen molar-refractivity contribution in [1.82, 2.24) is 19.5 Å². The second-order valence-corrected chi connectivity index (χ2v) is 8.39. The molecule has 3 heterocycles. The maximum absolute atomic E-state index is 12.7. The smallest absolute Gasteiger partial charge is 0.244 e. The number of pyridine rings is 1. The molecule has 1 amide bonds. The van der Waals surface area contributed by atoms with Gasteiger partial charge in [-0.25, -0.2) is 8.42 Å². The van der Waals surface area contributed by atoms with E-state index in [0.717, 1.165) is 19.6 Å². The highest BCUT2D eigenvalue weighted by Crippen LogP contribution is 2.25. The molecule has 1 aromatic rings. The zero-order valence-electron chi connectivity index (χ0n) is 13.9. The highest BCUT2D eigenvalue weighted by molar-refractivity contribution is 7.89.